The summed E-state index contributed by atoms with van der Waals surface area (Å²) in [6.07, 6.45) is 4.47. The van der Waals surface area contributed by atoms with E-state index in [1.807, 2.05) is 0 Å². The van der Waals surface area contributed by atoms with Gasteiger partial charge in [0.2, 0.25) is 0 Å². The molecule has 2 nitrogen and oxygen atoms in total. The summed E-state index contributed by atoms with van der Waals surface area (Å²) < 4.78 is 0. The molecule has 314 valence electrons. The van der Waals surface area contributed by atoms with Crippen molar-refractivity contribution >= 4 is 65.8 Å². The summed E-state index contributed by atoms with van der Waals surface area (Å²) >= 11 is 0. The predicted molar refractivity (Wildman–Crippen MR) is 282 cm³/mol. The summed E-state index contributed by atoms with van der Waals surface area (Å²) in [6, 6.07) is 82.1. The molecule has 2 heteroatoms. The number of para-hydroxylation sites is 2. The van der Waals surface area contributed by atoms with E-state index in [0.717, 1.165) is 38.8 Å². The Bertz CT molecular complexity index is 3440. The van der Waals surface area contributed by atoms with E-state index in [0.29, 0.717) is 0 Å². The van der Waals surface area contributed by atoms with Crippen molar-refractivity contribution in [1.82, 2.24) is 0 Å². The molecule has 0 spiro atoms. The van der Waals surface area contributed by atoms with Crippen molar-refractivity contribution in [3.05, 3.63) is 230 Å². The fourth-order valence-electron chi connectivity index (χ4n) is 11.4. The molecule has 0 aromatic heterocycles. The fourth-order valence-corrected chi connectivity index (χ4v) is 11.4. The second-order valence-corrected chi connectivity index (χ2v) is 18.2. The lowest BCUT2D eigenvalue weighted by atomic mass is 9.84. The number of rotatable bonds is 6. The van der Waals surface area contributed by atoms with Crippen LogP contribution in [-0.4, -0.2) is 13.1 Å². The van der Waals surface area contributed by atoms with E-state index in [2.05, 4.69) is 228 Å². The first-order chi connectivity index (χ1) is 32.7. The van der Waals surface area contributed by atoms with Crippen molar-refractivity contribution in [1.29, 1.82) is 0 Å². The van der Waals surface area contributed by atoms with Gasteiger partial charge in [-0.2, -0.15) is 0 Å². The third-order valence-corrected chi connectivity index (χ3v) is 14.4. The van der Waals surface area contributed by atoms with Gasteiger partial charge in [-0.15, -0.1) is 0 Å². The molecule has 0 atom stereocenters. The van der Waals surface area contributed by atoms with Crippen molar-refractivity contribution in [3.63, 3.8) is 0 Å². The molecule has 0 amide bonds. The molecule has 2 heterocycles. The Kier molecular flexibility index (Phi) is 9.30. The molecule has 0 N–H and O–H groups in total. The number of fused-ring (bicyclic) bond motifs is 6. The van der Waals surface area contributed by atoms with Crippen LogP contribution in [0.15, 0.2) is 218 Å². The van der Waals surface area contributed by atoms with E-state index in [9.17, 15) is 0 Å². The Morgan fingerprint density at radius 1 is 0.288 bits per heavy atom. The second kappa shape index (κ2) is 15.9. The molecule has 11 aromatic carbocycles. The van der Waals surface area contributed by atoms with E-state index >= 15 is 0 Å². The minimum Gasteiger partial charge on any atom is -0.341 e. The predicted octanol–water partition coefficient (Wildman–Crippen LogP) is 17.1. The Balaban J connectivity index is 1.11. The Morgan fingerprint density at radius 2 is 0.697 bits per heavy atom. The highest BCUT2D eigenvalue weighted by Crippen LogP contribution is 2.49. The Morgan fingerprint density at radius 3 is 1.20 bits per heavy atom. The maximum Gasteiger partial charge on any atom is 0.0443 e. The van der Waals surface area contributed by atoms with Gasteiger partial charge in [-0.25, -0.2) is 0 Å². The number of nitrogens with zero attached hydrogens (tertiary/aromatic N) is 2. The standard InChI is InChI=1S/C64H48N2/c1-5-27-53-43(15-1)19-11-29-55(53)47-21-9-23-49(39-47)63-57-35-33-52(66-38-14-26-46-18-4-8-32-62(46)66)42-60(57)64(50-24-10-22-48(40-50)56-30-12-20-44-16-2-6-28-54(44)56)58-36-34-51(41-59(58)63)65-37-13-25-45-17-3-7-31-61(45)65/h1-12,15-24,27-36,39-42H,13-14,25-26,37-38H2. The van der Waals surface area contributed by atoms with Crippen LogP contribution in [0.25, 0.3) is 87.6 Å². The van der Waals surface area contributed by atoms with Gasteiger partial charge < -0.3 is 9.80 Å². The first kappa shape index (κ1) is 38.5. The van der Waals surface area contributed by atoms with Crippen LogP contribution in [0, 0.1) is 0 Å². The maximum atomic E-state index is 2.55. The Labute approximate surface area is 386 Å². The average Bonchev–Trinajstić information content (AvgIpc) is 3.39. The lowest BCUT2D eigenvalue weighted by Gasteiger charge is -2.32. The summed E-state index contributed by atoms with van der Waals surface area (Å²) in [4.78, 5) is 5.10. The SMILES string of the molecule is c1cc(-c2cccc3ccccc23)cc(-c2c3ccc(N4CCCc5ccccc54)cc3c(-c3cccc(-c4cccc5ccccc45)c3)c3ccc(N4CCCc5ccccc54)cc23)c1. The zero-order chi connectivity index (χ0) is 43.6. The van der Waals surface area contributed by atoms with Crippen LogP contribution in [0.4, 0.5) is 22.7 Å². The molecule has 0 aliphatic carbocycles. The number of anilines is 4. The molecular weight excluding hydrogens is 797 g/mol. The van der Waals surface area contributed by atoms with E-state index < -0.39 is 0 Å². The number of hydrogen-bond acceptors (Lipinski definition) is 2. The number of benzene rings is 11. The van der Waals surface area contributed by atoms with Crippen LogP contribution in [0.3, 0.4) is 0 Å². The summed E-state index contributed by atoms with van der Waals surface area (Å²) in [6.45, 7) is 1.98. The van der Waals surface area contributed by atoms with Crippen LogP contribution < -0.4 is 9.80 Å². The van der Waals surface area contributed by atoms with Crippen LogP contribution in [-0.2, 0) is 12.8 Å². The first-order valence-corrected chi connectivity index (χ1v) is 23.7. The van der Waals surface area contributed by atoms with Gasteiger partial charge in [0.25, 0.3) is 0 Å². The normalized spacial score (nSPS) is 13.6. The van der Waals surface area contributed by atoms with Crippen LogP contribution in [0.5, 0.6) is 0 Å². The van der Waals surface area contributed by atoms with Crippen molar-refractivity contribution in [2.75, 3.05) is 22.9 Å². The van der Waals surface area contributed by atoms with E-state index in [4.69, 9.17) is 0 Å². The quantitative estimate of drug-likeness (QED) is 0.154. The van der Waals surface area contributed by atoms with Crippen molar-refractivity contribution in [2.45, 2.75) is 25.7 Å². The summed E-state index contributed by atoms with van der Waals surface area (Å²) in [5.41, 5.74) is 17.9. The molecule has 0 saturated heterocycles. The summed E-state index contributed by atoms with van der Waals surface area (Å²) in [5.74, 6) is 0. The van der Waals surface area contributed by atoms with Crippen LogP contribution in [0.1, 0.15) is 24.0 Å². The van der Waals surface area contributed by atoms with Crippen LogP contribution in [0.2, 0.25) is 0 Å². The van der Waals surface area contributed by atoms with Gasteiger partial charge >= 0.3 is 0 Å². The summed E-state index contributed by atoms with van der Waals surface area (Å²) in [5, 5.41) is 10.1. The van der Waals surface area contributed by atoms with Crippen molar-refractivity contribution < 1.29 is 0 Å². The number of hydrogen-bond donors (Lipinski definition) is 0. The van der Waals surface area contributed by atoms with Gasteiger partial charge in [-0.1, -0.05) is 170 Å². The minimum atomic E-state index is 0.989. The Hall–Kier alpha value is -7.94. The van der Waals surface area contributed by atoms with Gasteiger partial charge in [0.15, 0.2) is 0 Å². The van der Waals surface area contributed by atoms with E-state index in [1.54, 1.807) is 0 Å². The second-order valence-electron chi connectivity index (χ2n) is 18.2. The average molecular weight is 845 g/mol. The smallest absolute Gasteiger partial charge is 0.0443 e. The van der Waals surface area contributed by atoms with Gasteiger partial charge in [0, 0.05) is 35.8 Å². The minimum absolute atomic E-state index is 0.989. The maximum absolute atomic E-state index is 2.55. The molecule has 2 aliphatic rings. The lowest BCUT2D eigenvalue weighted by molar-refractivity contribution is 0.767. The zero-order valence-electron chi connectivity index (χ0n) is 36.9. The highest BCUT2D eigenvalue weighted by molar-refractivity contribution is 6.23. The van der Waals surface area contributed by atoms with Gasteiger partial charge in [0.1, 0.15) is 0 Å². The summed E-state index contributed by atoms with van der Waals surface area (Å²) in [7, 11) is 0. The molecule has 0 bridgehead atoms. The van der Waals surface area contributed by atoms with E-state index in [1.165, 1.54) is 121 Å². The van der Waals surface area contributed by atoms with Gasteiger partial charge in [-0.3, -0.25) is 0 Å². The molecule has 13 rings (SSSR count). The molecule has 0 radical (unpaired) electrons. The molecule has 0 saturated carbocycles. The molecule has 0 fully saturated rings. The highest BCUT2D eigenvalue weighted by Gasteiger charge is 2.24. The van der Waals surface area contributed by atoms with E-state index in [-0.39, 0.29) is 0 Å². The van der Waals surface area contributed by atoms with Crippen LogP contribution >= 0.6 is 0 Å². The zero-order valence-corrected chi connectivity index (χ0v) is 36.9. The third-order valence-electron chi connectivity index (χ3n) is 14.4. The topological polar surface area (TPSA) is 6.48 Å². The molecular formula is C64H48N2. The van der Waals surface area contributed by atoms with Crippen molar-refractivity contribution in [3.8, 4) is 44.5 Å². The first-order valence-electron chi connectivity index (χ1n) is 23.7. The molecule has 11 aromatic rings. The monoisotopic (exact) mass is 844 g/mol. The lowest BCUT2D eigenvalue weighted by Crippen LogP contribution is -2.24. The molecule has 66 heavy (non-hydrogen) atoms. The highest BCUT2D eigenvalue weighted by atomic mass is 15.1. The van der Waals surface area contributed by atoms with Crippen molar-refractivity contribution in [2.24, 2.45) is 0 Å². The third kappa shape index (κ3) is 6.47. The van der Waals surface area contributed by atoms with Gasteiger partial charge in [-0.05, 0) is 173 Å². The fraction of sp³-hybridized carbons (Fsp3) is 0.0938. The number of aryl methyl sites for hydroxylation is 2. The largest absolute Gasteiger partial charge is 0.341 e. The molecule has 0 unspecified atom stereocenters. The molecule has 2 aliphatic heterocycles. The van der Waals surface area contributed by atoms with Gasteiger partial charge in [0.05, 0.1) is 0 Å².